The van der Waals surface area contributed by atoms with E-state index in [4.69, 9.17) is 4.52 Å². The predicted octanol–water partition coefficient (Wildman–Crippen LogP) is 3.86. The first kappa shape index (κ1) is 20.4. The second-order valence-corrected chi connectivity index (χ2v) is 7.93. The molecule has 2 aromatic carbocycles. The minimum Gasteiger partial charge on any atom is -0.478 e. The maximum atomic E-state index is 11.8. The molecule has 32 heavy (non-hydrogen) atoms. The van der Waals surface area contributed by atoms with Crippen molar-refractivity contribution in [3.8, 4) is 22.5 Å². The topological polar surface area (TPSA) is 100 Å². The van der Waals surface area contributed by atoms with Crippen molar-refractivity contribution in [2.45, 2.75) is 12.8 Å². The number of rotatable bonds is 5. The Morgan fingerprint density at radius 1 is 0.875 bits per heavy atom. The average molecular weight is 428 g/mol. The molecule has 2 aliphatic rings. The van der Waals surface area contributed by atoms with Gasteiger partial charge in [-0.3, -0.25) is 0 Å². The van der Waals surface area contributed by atoms with Gasteiger partial charge in [-0.15, -0.1) is 0 Å². The third-order valence-electron chi connectivity index (χ3n) is 5.90. The summed E-state index contributed by atoms with van der Waals surface area (Å²) in [5.74, 6) is 0.237. The number of nitrogens with one attached hydrogen (secondary N) is 2. The van der Waals surface area contributed by atoms with Crippen LogP contribution < -0.4 is 10.6 Å². The van der Waals surface area contributed by atoms with E-state index < -0.39 is 5.97 Å². The highest BCUT2D eigenvalue weighted by atomic mass is 16.5. The van der Waals surface area contributed by atoms with Crippen molar-refractivity contribution in [3.05, 3.63) is 71.6 Å². The van der Waals surface area contributed by atoms with Crippen molar-refractivity contribution in [1.82, 2.24) is 20.8 Å². The van der Waals surface area contributed by atoms with Crippen LogP contribution >= 0.6 is 0 Å². The van der Waals surface area contributed by atoms with Crippen LogP contribution in [0.1, 0.15) is 34.7 Å². The van der Waals surface area contributed by atoms with Crippen LogP contribution in [0.5, 0.6) is 0 Å². The summed E-state index contributed by atoms with van der Waals surface area (Å²) in [7, 11) is 0. The summed E-state index contributed by atoms with van der Waals surface area (Å²) >= 11 is 0. The van der Waals surface area contributed by atoms with Gasteiger partial charge in [-0.05, 0) is 60.3 Å². The molecule has 3 N–H and O–H groups in total. The van der Waals surface area contributed by atoms with Crippen molar-refractivity contribution in [3.63, 3.8) is 0 Å². The number of aromatic nitrogens is 2. The minimum absolute atomic E-state index is 0.338. The molecule has 0 saturated heterocycles. The largest absolute Gasteiger partial charge is 0.478 e. The van der Waals surface area contributed by atoms with Crippen molar-refractivity contribution >= 4 is 17.1 Å². The number of nitrogens with zero attached hydrogens (tertiary/aromatic N) is 2. The third-order valence-corrected chi connectivity index (χ3v) is 5.90. The second-order valence-electron chi connectivity index (χ2n) is 7.93. The van der Waals surface area contributed by atoms with Gasteiger partial charge < -0.3 is 20.3 Å². The molecule has 3 heterocycles. The van der Waals surface area contributed by atoms with Crippen molar-refractivity contribution < 1.29 is 14.4 Å². The molecule has 5 rings (SSSR count). The number of carboxylic acid groups (broad SMARTS) is 1. The highest BCUT2D eigenvalue weighted by molar-refractivity contribution is 5.95. The average Bonchev–Trinajstić information content (AvgIpc) is 3.35. The van der Waals surface area contributed by atoms with Crippen LogP contribution in [0.4, 0.5) is 0 Å². The number of carbonyl (C=O) groups is 1. The van der Waals surface area contributed by atoms with E-state index in [-0.39, 0.29) is 0 Å². The summed E-state index contributed by atoms with van der Waals surface area (Å²) in [6.45, 7) is 3.34. The molecule has 0 atom stereocenters. The first-order valence-electron chi connectivity index (χ1n) is 10.8. The predicted molar refractivity (Wildman–Crippen MR) is 123 cm³/mol. The number of benzene rings is 2. The van der Waals surface area contributed by atoms with Gasteiger partial charge in [-0.2, -0.15) is 4.98 Å². The van der Waals surface area contributed by atoms with E-state index in [2.05, 4.69) is 32.9 Å². The molecule has 0 spiro atoms. The zero-order chi connectivity index (χ0) is 21.9. The minimum atomic E-state index is -0.905. The van der Waals surface area contributed by atoms with Gasteiger partial charge in [0.1, 0.15) is 0 Å². The summed E-state index contributed by atoms with van der Waals surface area (Å²) in [5, 5.41) is 20.3. The number of carboxylic acids is 1. The number of aromatic carboxylic acids is 1. The van der Waals surface area contributed by atoms with E-state index in [0.717, 1.165) is 72.4 Å². The standard InChI is InChI=1S/C25H24N4O3/c30-25(31)21-6-5-20(15-22(21)17-7-11-26-12-8-17)16-1-3-18(4-2-16)23-28-24(32-29-23)19-9-13-27-14-10-19/h1-7,9,15,26-27H,8,10-14H2,(H,30,31). The zero-order valence-electron chi connectivity index (χ0n) is 17.6. The Morgan fingerprint density at radius 2 is 1.53 bits per heavy atom. The Labute approximate surface area is 185 Å². The van der Waals surface area contributed by atoms with Crippen LogP contribution in [0.15, 0.2) is 59.1 Å². The van der Waals surface area contributed by atoms with Crippen LogP contribution in [0.3, 0.4) is 0 Å². The van der Waals surface area contributed by atoms with Gasteiger partial charge in [0.2, 0.25) is 5.82 Å². The molecule has 7 heteroatoms. The molecule has 162 valence electrons. The molecule has 1 aromatic heterocycles. The molecule has 0 bridgehead atoms. The fourth-order valence-electron chi connectivity index (χ4n) is 4.14. The highest BCUT2D eigenvalue weighted by Crippen LogP contribution is 2.31. The second kappa shape index (κ2) is 8.90. The molecule has 0 saturated carbocycles. The summed E-state index contributed by atoms with van der Waals surface area (Å²) in [6, 6.07) is 13.5. The summed E-state index contributed by atoms with van der Waals surface area (Å²) in [5.41, 5.74) is 6.14. The zero-order valence-corrected chi connectivity index (χ0v) is 17.6. The van der Waals surface area contributed by atoms with E-state index in [0.29, 0.717) is 17.3 Å². The van der Waals surface area contributed by atoms with Gasteiger partial charge in [-0.25, -0.2) is 4.79 Å². The first-order chi connectivity index (χ1) is 15.7. The first-order valence-corrected chi connectivity index (χ1v) is 10.8. The fraction of sp³-hybridized carbons (Fsp3) is 0.240. The van der Waals surface area contributed by atoms with Crippen LogP contribution in [0.25, 0.3) is 33.7 Å². The van der Waals surface area contributed by atoms with Gasteiger partial charge in [0.15, 0.2) is 0 Å². The molecular weight excluding hydrogens is 404 g/mol. The lowest BCUT2D eigenvalue weighted by Crippen LogP contribution is -2.20. The Balaban J connectivity index is 1.43. The number of hydrogen-bond donors (Lipinski definition) is 3. The Kier molecular flexibility index (Phi) is 5.66. The Hall–Kier alpha value is -3.55. The summed E-state index contributed by atoms with van der Waals surface area (Å²) in [4.78, 5) is 16.3. The van der Waals surface area contributed by atoms with Gasteiger partial charge in [0.05, 0.1) is 5.56 Å². The van der Waals surface area contributed by atoms with Crippen LogP contribution in [-0.4, -0.2) is 47.4 Å². The van der Waals surface area contributed by atoms with Gasteiger partial charge in [0, 0.05) is 24.2 Å². The maximum absolute atomic E-state index is 11.8. The molecule has 0 radical (unpaired) electrons. The smallest absolute Gasteiger partial charge is 0.336 e. The summed E-state index contributed by atoms with van der Waals surface area (Å²) < 4.78 is 5.47. The molecule has 0 unspecified atom stereocenters. The molecule has 3 aromatic rings. The van der Waals surface area contributed by atoms with E-state index >= 15 is 0 Å². The van der Waals surface area contributed by atoms with Crippen LogP contribution in [0, 0.1) is 0 Å². The van der Waals surface area contributed by atoms with Gasteiger partial charge in [-0.1, -0.05) is 47.6 Å². The van der Waals surface area contributed by atoms with Gasteiger partial charge >= 0.3 is 5.97 Å². The highest BCUT2D eigenvalue weighted by Gasteiger charge is 2.17. The molecule has 0 fully saturated rings. The SMILES string of the molecule is O=C(O)c1ccc(-c2ccc(-c3noc(C4=CCNCC4)n3)cc2)cc1C1=CCNCC1. The lowest BCUT2D eigenvalue weighted by atomic mass is 9.91. The summed E-state index contributed by atoms with van der Waals surface area (Å²) in [6.07, 6.45) is 5.85. The fourth-order valence-corrected chi connectivity index (χ4v) is 4.14. The maximum Gasteiger partial charge on any atom is 0.336 e. The van der Waals surface area contributed by atoms with Crippen LogP contribution in [0.2, 0.25) is 0 Å². The molecule has 0 aliphatic carbocycles. The lowest BCUT2D eigenvalue weighted by molar-refractivity contribution is 0.0696. The lowest BCUT2D eigenvalue weighted by Gasteiger charge is -2.17. The molecule has 0 amide bonds. The monoisotopic (exact) mass is 428 g/mol. The van der Waals surface area contributed by atoms with Crippen LogP contribution in [-0.2, 0) is 0 Å². The van der Waals surface area contributed by atoms with Crippen molar-refractivity contribution in [2.24, 2.45) is 0 Å². The van der Waals surface area contributed by atoms with E-state index in [9.17, 15) is 9.90 Å². The molecule has 2 aliphatic heterocycles. The van der Waals surface area contributed by atoms with E-state index in [1.54, 1.807) is 6.07 Å². The number of hydrogen-bond acceptors (Lipinski definition) is 6. The Bertz CT molecular complexity index is 1210. The van der Waals surface area contributed by atoms with Gasteiger partial charge in [0.25, 0.3) is 5.89 Å². The molecular formula is C25H24N4O3. The van der Waals surface area contributed by atoms with E-state index in [1.807, 2.05) is 36.4 Å². The van der Waals surface area contributed by atoms with E-state index in [1.165, 1.54) is 0 Å². The Morgan fingerprint density at radius 3 is 2.19 bits per heavy atom. The third kappa shape index (κ3) is 4.12. The van der Waals surface area contributed by atoms with Crippen molar-refractivity contribution in [2.75, 3.05) is 26.2 Å². The normalized spacial score (nSPS) is 16.4. The molecule has 7 nitrogen and oxygen atoms in total. The van der Waals surface area contributed by atoms with Crippen molar-refractivity contribution in [1.29, 1.82) is 0 Å². The quantitative estimate of drug-likeness (QED) is 0.567.